The predicted molar refractivity (Wildman–Crippen MR) is 79.2 cm³/mol. The lowest BCUT2D eigenvalue weighted by atomic mass is 10.0. The lowest BCUT2D eigenvalue weighted by Gasteiger charge is -2.06. The largest absolute Gasteiger partial charge is 0.465 e. The maximum atomic E-state index is 11.9. The number of ketones is 1. The van der Waals surface area contributed by atoms with Crippen molar-refractivity contribution in [3.8, 4) is 0 Å². The molecule has 0 saturated carbocycles. The van der Waals surface area contributed by atoms with Gasteiger partial charge in [-0.15, -0.1) is 0 Å². The molecule has 0 radical (unpaired) electrons. The number of hydrogen-bond donors (Lipinski definition) is 0. The van der Waals surface area contributed by atoms with Gasteiger partial charge in [0.2, 0.25) is 0 Å². The van der Waals surface area contributed by atoms with Crippen LogP contribution in [0.1, 0.15) is 18.9 Å². The third kappa shape index (κ3) is 2.77. The van der Waals surface area contributed by atoms with Crippen LogP contribution < -0.4 is 0 Å². The second-order valence-corrected chi connectivity index (χ2v) is 4.39. The van der Waals surface area contributed by atoms with Gasteiger partial charge in [0.25, 0.3) is 0 Å². The number of benzene rings is 2. The minimum absolute atomic E-state index is 0.0892. The number of carbonyl (C=O) groups is 2. The Morgan fingerprint density at radius 2 is 1.80 bits per heavy atom. The quantitative estimate of drug-likeness (QED) is 0.369. The highest BCUT2D eigenvalue weighted by molar-refractivity contribution is 6.21. The van der Waals surface area contributed by atoms with Gasteiger partial charge in [0, 0.05) is 6.42 Å². The van der Waals surface area contributed by atoms with Crippen molar-refractivity contribution in [1.82, 2.24) is 0 Å². The molecule has 3 nitrogen and oxygen atoms in total. The van der Waals surface area contributed by atoms with E-state index in [2.05, 4.69) is 0 Å². The van der Waals surface area contributed by atoms with Gasteiger partial charge < -0.3 is 4.74 Å². The molecule has 102 valence electrons. The highest BCUT2D eigenvalue weighted by atomic mass is 16.5. The van der Waals surface area contributed by atoms with Crippen molar-refractivity contribution in [2.24, 2.45) is 0 Å². The Hall–Kier alpha value is -2.42. The molecule has 0 aromatic heterocycles. The summed E-state index contributed by atoms with van der Waals surface area (Å²) in [6.45, 7) is 1.72. The Balaban J connectivity index is 2.59. The fraction of sp³-hybridized carbons (Fsp3) is 0.176. The molecule has 0 unspecified atom stereocenters. The van der Waals surface area contributed by atoms with Crippen molar-refractivity contribution >= 4 is 28.6 Å². The average Bonchev–Trinajstić information content (AvgIpc) is 2.51. The van der Waals surface area contributed by atoms with Crippen molar-refractivity contribution < 1.29 is 14.3 Å². The molecule has 2 rings (SSSR count). The number of hydrogen-bond acceptors (Lipinski definition) is 3. The maximum absolute atomic E-state index is 11.9. The van der Waals surface area contributed by atoms with E-state index < -0.39 is 5.97 Å². The van der Waals surface area contributed by atoms with E-state index in [1.54, 1.807) is 13.0 Å². The van der Waals surface area contributed by atoms with E-state index >= 15 is 0 Å². The zero-order chi connectivity index (χ0) is 14.5. The summed E-state index contributed by atoms with van der Waals surface area (Å²) in [5, 5.41) is 2.06. The summed E-state index contributed by atoms with van der Waals surface area (Å²) in [5.41, 5.74) is 0.927. The highest BCUT2D eigenvalue weighted by Crippen LogP contribution is 2.21. The Kier molecular flexibility index (Phi) is 4.31. The maximum Gasteiger partial charge on any atom is 0.341 e. The van der Waals surface area contributed by atoms with Crippen LogP contribution in [-0.2, 0) is 14.3 Å². The Morgan fingerprint density at radius 3 is 2.50 bits per heavy atom. The van der Waals surface area contributed by atoms with Gasteiger partial charge >= 0.3 is 5.97 Å². The van der Waals surface area contributed by atoms with Crippen LogP contribution >= 0.6 is 0 Å². The van der Waals surface area contributed by atoms with Gasteiger partial charge in [-0.05, 0) is 22.4 Å². The number of Topliss-reactive ketones (excluding diaryl/α,β-unsaturated/α-hetero) is 1. The second kappa shape index (κ2) is 6.15. The number of ether oxygens (including phenoxy) is 1. The Labute approximate surface area is 117 Å². The molecule has 2 aromatic carbocycles. The summed E-state index contributed by atoms with van der Waals surface area (Å²) in [5.74, 6) is -0.811. The molecular formula is C17H16O3. The van der Waals surface area contributed by atoms with Crippen molar-refractivity contribution in [2.45, 2.75) is 13.3 Å². The molecule has 0 bridgehead atoms. The van der Waals surface area contributed by atoms with E-state index in [4.69, 9.17) is 4.74 Å². The van der Waals surface area contributed by atoms with Crippen LogP contribution in [0.25, 0.3) is 16.8 Å². The summed E-state index contributed by atoms with van der Waals surface area (Å²) < 4.78 is 4.69. The number of esters is 1. The topological polar surface area (TPSA) is 43.4 Å². The van der Waals surface area contributed by atoms with Crippen LogP contribution in [0.3, 0.4) is 0 Å². The van der Waals surface area contributed by atoms with Crippen molar-refractivity contribution in [3.05, 3.63) is 53.6 Å². The van der Waals surface area contributed by atoms with Crippen molar-refractivity contribution in [2.75, 3.05) is 7.11 Å². The van der Waals surface area contributed by atoms with Crippen LogP contribution in [-0.4, -0.2) is 18.9 Å². The molecule has 3 heteroatoms. The minimum Gasteiger partial charge on any atom is -0.465 e. The average molecular weight is 268 g/mol. The van der Waals surface area contributed by atoms with Gasteiger partial charge in [0.15, 0.2) is 5.78 Å². The first-order chi connectivity index (χ1) is 9.67. The fourth-order valence-electron chi connectivity index (χ4n) is 2.09. The number of methoxy groups -OCH3 is 1. The summed E-state index contributed by atoms with van der Waals surface area (Å²) in [7, 11) is 1.28. The monoisotopic (exact) mass is 268 g/mol. The zero-order valence-corrected chi connectivity index (χ0v) is 11.6. The van der Waals surface area contributed by atoms with Crippen LogP contribution in [0, 0.1) is 0 Å². The summed E-state index contributed by atoms with van der Waals surface area (Å²) in [4.78, 5) is 23.6. The van der Waals surface area contributed by atoms with E-state index in [1.807, 2.05) is 42.5 Å². The normalized spacial score (nSPS) is 11.4. The first-order valence-electron chi connectivity index (χ1n) is 6.48. The van der Waals surface area contributed by atoms with Crippen LogP contribution in [0.2, 0.25) is 0 Å². The smallest absolute Gasteiger partial charge is 0.341 e. The number of fused-ring (bicyclic) bond motifs is 1. The molecule has 0 heterocycles. The number of carbonyl (C=O) groups excluding carboxylic acids is 2. The molecule has 0 atom stereocenters. The molecule has 0 spiro atoms. The van der Waals surface area contributed by atoms with Crippen LogP contribution in [0.4, 0.5) is 0 Å². The summed E-state index contributed by atoms with van der Waals surface area (Å²) in [6, 6.07) is 13.6. The molecule has 2 aromatic rings. The molecule has 0 aliphatic rings. The fourth-order valence-corrected chi connectivity index (χ4v) is 2.09. The van der Waals surface area contributed by atoms with Gasteiger partial charge in [-0.25, -0.2) is 4.79 Å². The molecule has 0 aliphatic heterocycles. The van der Waals surface area contributed by atoms with Gasteiger partial charge in [-0.1, -0.05) is 49.4 Å². The third-order valence-corrected chi connectivity index (χ3v) is 3.15. The van der Waals surface area contributed by atoms with Gasteiger partial charge in [-0.3, -0.25) is 4.79 Å². The lowest BCUT2D eigenvalue weighted by molar-refractivity contribution is -0.137. The molecule has 0 N–H and O–H groups in total. The predicted octanol–water partition coefficient (Wildman–Crippen LogP) is 3.38. The minimum atomic E-state index is -0.593. The molecule has 0 amide bonds. The molecule has 0 aliphatic carbocycles. The SMILES string of the molecule is CCC(=O)C(=Cc1cccc2ccccc12)C(=O)OC. The van der Waals surface area contributed by atoms with E-state index in [0.717, 1.165) is 16.3 Å². The van der Waals surface area contributed by atoms with Crippen LogP contribution in [0.5, 0.6) is 0 Å². The molecule has 0 fully saturated rings. The first kappa shape index (κ1) is 14.0. The van der Waals surface area contributed by atoms with Gasteiger partial charge in [0.1, 0.15) is 5.57 Å². The standard InChI is InChI=1S/C17H16O3/c1-3-16(18)15(17(19)20-2)11-13-9-6-8-12-7-4-5-10-14(12)13/h4-11H,3H2,1-2H3. The number of rotatable bonds is 4. The third-order valence-electron chi connectivity index (χ3n) is 3.15. The zero-order valence-electron chi connectivity index (χ0n) is 11.6. The van der Waals surface area contributed by atoms with Gasteiger partial charge in [-0.2, -0.15) is 0 Å². The van der Waals surface area contributed by atoms with E-state index in [0.29, 0.717) is 0 Å². The van der Waals surface area contributed by atoms with E-state index in [-0.39, 0.29) is 17.8 Å². The van der Waals surface area contributed by atoms with Gasteiger partial charge in [0.05, 0.1) is 7.11 Å². The van der Waals surface area contributed by atoms with E-state index in [9.17, 15) is 9.59 Å². The second-order valence-electron chi connectivity index (χ2n) is 4.39. The van der Waals surface area contributed by atoms with Crippen LogP contribution in [0.15, 0.2) is 48.0 Å². The Morgan fingerprint density at radius 1 is 1.10 bits per heavy atom. The van der Waals surface area contributed by atoms with Crippen molar-refractivity contribution in [3.63, 3.8) is 0 Å². The summed E-state index contributed by atoms with van der Waals surface area (Å²) in [6.07, 6.45) is 1.88. The summed E-state index contributed by atoms with van der Waals surface area (Å²) >= 11 is 0. The Bertz CT molecular complexity index is 660. The first-order valence-corrected chi connectivity index (χ1v) is 6.48. The molecule has 0 saturated heterocycles. The van der Waals surface area contributed by atoms with E-state index in [1.165, 1.54) is 7.11 Å². The van der Waals surface area contributed by atoms with Crippen molar-refractivity contribution in [1.29, 1.82) is 0 Å². The molecule has 20 heavy (non-hydrogen) atoms. The lowest BCUT2D eigenvalue weighted by Crippen LogP contribution is -2.13. The highest BCUT2D eigenvalue weighted by Gasteiger charge is 2.17. The molecular weight excluding hydrogens is 252 g/mol.